The SMILES string of the molecule is CNCc1ccc(CN(Cc2cccs2)C(C)C)c(Br)c1. The van der Waals surface area contributed by atoms with Crippen LogP contribution in [0.15, 0.2) is 40.2 Å². The zero-order valence-electron chi connectivity index (χ0n) is 12.9. The summed E-state index contributed by atoms with van der Waals surface area (Å²) in [6, 6.07) is 11.5. The number of hydrogen-bond donors (Lipinski definition) is 1. The van der Waals surface area contributed by atoms with Crippen LogP contribution in [0.5, 0.6) is 0 Å². The van der Waals surface area contributed by atoms with Gasteiger partial charge in [0.1, 0.15) is 0 Å². The van der Waals surface area contributed by atoms with Gasteiger partial charge in [-0.15, -0.1) is 11.3 Å². The number of benzene rings is 1. The molecule has 0 radical (unpaired) electrons. The topological polar surface area (TPSA) is 15.3 Å². The van der Waals surface area contributed by atoms with Crippen LogP contribution < -0.4 is 5.32 Å². The zero-order chi connectivity index (χ0) is 15.2. The van der Waals surface area contributed by atoms with Gasteiger partial charge in [0.25, 0.3) is 0 Å². The van der Waals surface area contributed by atoms with Crippen molar-refractivity contribution in [2.45, 2.75) is 39.5 Å². The lowest BCUT2D eigenvalue weighted by Gasteiger charge is -2.26. The fourth-order valence-corrected chi connectivity index (χ4v) is 3.56. The van der Waals surface area contributed by atoms with E-state index in [9.17, 15) is 0 Å². The highest BCUT2D eigenvalue weighted by atomic mass is 79.9. The number of hydrogen-bond acceptors (Lipinski definition) is 3. The summed E-state index contributed by atoms with van der Waals surface area (Å²) in [6.07, 6.45) is 0. The standard InChI is InChI=1S/C17H23BrN2S/c1-13(2)20(12-16-5-4-8-21-16)11-15-7-6-14(10-19-3)9-17(15)18/h4-9,13,19H,10-12H2,1-3H3. The summed E-state index contributed by atoms with van der Waals surface area (Å²) in [5, 5.41) is 5.34. The third-order valence-electron chi connectivity index (χ3n) is 3.54. The van der Waals surface area contributed by atoms with Crippen LogP contribution in [0, 0.1) is 0 Å². The van der Waals surface area contributed by atoms with E-state index in [0.717, 1.165) is 19.6 Å². The van der Waals surface area contributed by atoms with E-state index in [1.54, 1.807) is 0 Å². The maximum Gasteiger partial charge on any atom is 0.0334 e. The van der Waals surface area contributed by atoms with Gasteiger partial charge in [-0.25, -0.2) is 0 Å². The Labute approximate surface area is 140 Å². The molecule has 0 aliphatic carbocycles. The molecular formula is C17H23BrN2S. The average molecular weight is 367 g/mol. The Hall–Kier alpha value is -0.680. The number of nitrogens with zero attached hydrogens (tertiary/aromatic N) is 1. The quantitative estimate of drug-likeness (QED) is 0.767. The Bertz CT molecular complexity index is 552. The van der Waals surface area contributed by atoms with Crippen molar-refractivity contribution in [2.24, 2.45) is 0 Å². The van der Waals surface area contributed by atoms with Gasteiger partial charge in [-0.3, -0.25) is 4.90 Å². The second-order valence-electron chi connectivity index (χ2n) is 5.53. The fourth-order valence-electron chi connectivity index (χ4n) is 2.28. The van der Waals surface area contributed by atoms with E-state index in [1.807, 2.05) is 18.4 Å². The molecule has 0 bridgehead atoms. The minimum absolute atomic E-state index is 0.524. The van der Waals surface area contributed by atoms with E-state index in [2.05, 4.69) is 75.7 Å². The molecule has 2 aromatic rings. The third-order valence-corrected chi connectivity index (χ3v) is 5.14. The van der Waals surface area contributed by atoms with Crippen LogP contribution in [-0.4, -0.2) is 18.0 Å². The number of nitrogens with one attached hydrogen (secondary N) is 1. The normalized spacial score (nSPS) is 11.5. The van der Waals surface area contributed by atoms with Gasteiger partial charge in [0.15, 0.2) is 0 Å². The molecule has 0 unspecified atom stereocenters. The van der Waals surface area contributed by atoms with Gasteiger partial charge in [0, 0.05) is 35.0 Å². The third kappa shape index (κ3) is 4.92. The van der Waals surface area contributed by atoms with Gasteiger partial charge < -0.3 is 5.32 Å². The lowest BCUT2D eigenvalue weighted by Crippen LogP contribution is -2.29. The van der Waals surface area contributed by atoms with Crippen molar-refractivity contribution in [3.8, 4) is 0 Å². The van der Waals surface area contributed by atoms with E-state index >= 15 is 0 Å². The largest absolute Gasteiger partial charge is 0.316 e. The van der Waals surface area contributed by atoms with Crippen molar-refractivity contribution in [1.29, 1.82) is 0 Å². The van der Waals surface area contributed by atoms with Crippen LogP contribution in [0.1, 0.15) is 29.9 Å². The minimum atomic E-state index is 0.524. The molecule has 1 aromatic heterocycles. The summed E-state index contributed by atoms with van der Waals surface area (Å²) in [7, 11) is 1.98. The second kappa shape index (κ2) is 8.08. The Kier molecular flexibility index (Phi) is 6.42. The summed E-state index contributed by atoms with van der Waals surface area (Å²) in [4.78, 5) is 3.93. The van der Waals surface area contributed by atoms with Crippen molar-refractivity contribution in [2.75, 3.05) is 7.05 Å². The van der Waals surface area contributed by atoms with Crippen LogP contribution in [-0.2, 0) is 19.6 Å². The highest BCUT2D eigenvalue weighted by Gasteiger charge is 2.13. The highest BCUT2D eigenvalue weighted by Crippen LogP contribution is 2.23. The molecule has 1 heterocycles. The van der Waals surface area contributed by atoms with Crippen LogP contribution in [0.4, 0.5) is 0 Å². The molecule has 1 aromatic carbocycles. The van der Waals surface area contributed by atoms with E-state index in [0.29, 0.717) is 6.04 Å². The smallest absolute Gasteiger partial charge is 0.0334 e. The molecule has 0 fully saturated rings. The van der Waals surface area contributed by atoms with Gasteiger partial charge in [-0.05, 0) is 49.5 Å². The molecule has 21 heavy (non-hydrogen) atoms. The molecule has 114 valence electrons. The summed E-state index contributed by atoms with van der Waals surface area (Å²) < 4.78 is 1.20. The first-order chi connectivity index (χ1) is 10.1. The van der Waals surface area contributed by atoms with Crippen molar-refractivity contribution in [3.63, 3.8) is 0 Å². The first-order valence-corrected chi connectivity index (χ1v) is 8.95. The van der Waals surface area contributed by atoms with E-state index in [4.69, 9.17) is 0 Å². The van der Waals surface area contributed by atoms with E-state index in [1.165, 1.54) is 20.5 Å². The lowest BCUT2D eigenvalue weighted by atomic mass is 10.1. The maximum absolute atomic E-state index is 3.72. The molecular weight excluding hydrogens is 344 g/mol. The van der Waals surface area contributed by atoms with Gasteiger partial charge in [-0.1, -0.05) is 34.1 Å². The minimum Gasteiger partial charge on any atom is -0.316 e. The predicted molar refractivity (Wildman–Crippen MR) is 95.6 cm³/mol. The molecule has 0 saturated heterocycles. The average Bonchev–Trinajstić information content (AvgIpc) is 2.94. The molecule has 0 saturated carbocycles. The molecule has 0 aliphatic rings. The van der Waals surface area contributed by atoms with Crippen LogP contribution in [0.25, 0.3) is 0 Å². The number of halogens is 1. The van der Waals surface area contributed by atoms with Crippen LogP contribution >= 0.6 is 27.3 Å². The summed E-state index contributed by atoms with van der Waals surface area (Å²) in [6.45, 7) is 7.41. The van der Waals surface area contributed by atoms with Crippen molar-refractivity contribution in [3.05, 3.63) is 56.2 Å². The first-order valence-electron chi connectivity index (χ1n) is 7.28. The van der Waals surface area contributed by atoms with Gasteiger partial charge in [-0.2, -0.15) is 0 Å². The molecule has 2 nitrogen and oxygen atoms in total. The van der Waals surface area contributed by atoms with Crippen molar-refractivity contribution >= 4 is 27.3 Å². The Morgan fingerprint density at radius 2 is 2.05 bits per heavy atom. The van der Waals surface area contributed by atoms with Crippen LogP contribution in [0.3, 0.4) is 0 Å². The van der Waals surface area contributed by atoms with Crippen LogP contribution in [0.2, 0.25) is 0 Å². The molecule has 1 N–H and O–H groups in total. The molecule has 0 spiro atoms. The molecule has 0 amide bonds. The molecule has 0 aliphatic heterocycles. The van der Waals surface area contributed by atoms with E-state index < -0.39 is 0 Å². The summed E-state index contributed by atoms with van der Waals surface area (Å²) >= 11 is 5.55. The molecule has 2 rings (SSSR count). The van der Waals surface area contributed by atoms with Gasteiger partial charge in [0.05, 0.1) is 0 Å². The molecule has 0 atom stereocenters. The molecule has 4 heteroatoms. The zero-order valence-corrected chi connectivity index (χ0v) is 15.3. The highest BCUT2D eigenvalue weighted by molar-refractivity contribution is 9.10. The number of rotatable bonds is 7. The Balaban J connectivity index is 2.09. The first kappa shape index (κ1) is 16.7. The van der Waals surface area contributed by atoms with Gasteiger partial charge >= 0.3 is 0 Å². The lowest BCUT2D eigenvalue weighted by molar-refractivity contribution is 0.205. The van der Waals surface area contributed by atoms with Crippen molar-refractivity contribution < 1.29 is 0 Å². The van der Waals surface area contributed by atoms with E-state index in [-0.39, 0.29) is 0 Å². The fraction of sp³-hybridized carbons (Fsp3) is 0.412. The van der Waals surface area contributed by atoms with Gasteiger partial charge in [0.2, 0.25) is 0 Å². The maximum atomic E-state index is 3.72. The Morgan fingerprint density at radius 1 is 1.24 bits per heavy atom. The summed E-state index contributed by atoms with van der Waals surface area (Å²) in [5.41, 5.74) is 2.66. The predicted octanol–water partition coefficient (Wildman–Crippen LogP) is 4.64. The monoisotopic (exact) mass is 366 g/mol. The Morgan fingerprint density at radius 3 is 2.62 bits per heavy atom. The van der Waals surface area contributed by atoms with Crippen molar-refractivity contribution in [1.82, 2.24) is 10.2 Å². The summed E-state index contributed by atoms with van der Waals surface area (Å²) in [5.74, 6) is 0. The second-order valence-corrected chi connectivity index (χ2v) is 7.42. The number of thiophene rings is 1.